The first-order chi connectivity index (χ1) is 10.1. The highest BCUT2D eigenvalue weighted by Gasteiger charge is 2.08. The molecule has 4 nitrogen and oxygen atoms in total. The molecule has 0 bridgehead atoms. The minimum Gasteiger partial charge on any atom is -0.495 e. The second kappa shape index (κ2) is 6.74. The molecule has 0 fully saturated rings. The number of halogens is 1. The number of nitrogen functional groups attached to an aromatic ring is 1. The fourth-order valence-corrected chi connectivity index (χ4v) is 1.97. The van der Waals surface area contributed by atoms with Crippen molar-refractivity contribution in [2.75, 3.05) is 19.4 Å². The number of rotatable bonds is 5. The standard InChI is InChI=1S/C16H17FN2O2/c1-21-15-10-12(5-6-14(15)18)16(20)19-8-7-11-3-2-4-13(17)9-11/h2-6,9-10H,7-8,18H2,1H3,(H,19,20). The Hall–Kier alpha value is -2.56. The number of nitrogens with one attached hydrogen (secondary N) is 1. The van der Waals surface area contributed by atoms with Gasteiger partial charge in [-0.3, -0.25) is 4.79 Å². The minimum absolute atomic E-state index is 0.218. The van der Waals surface area contributed by atoms with Gasteiger partial charge in [-0.1, -0.05) is 12.1 Å². The van der Waals surface area contributed by atoms with Crippen molar-refractivity contribution in [3.63, 3.8) is 0 Å². The maximum atomic E-state index is 13.0. The van der Waals surface area contributed by atoms with Gasteiger partial charge in [-0.15, -0.1) is 0 Å². The van der Waals surface area contributed by atoms with E-state index in [-0.39, 0.29) is 11.7 Å². The van der Waals surface area contributed by atoms with Crippen molar-refractivity contribution < 1.29 is 13.9 Å². The molecule has 0 spiro atoms. The smallest absolute Gasteiger partial charge is 0.251 e. The van der Waals surface area contributed by atoms with Crippen LogP contribution in [0, 0.1) is 5.82 Å². The van der Waals surface area contributed by atoms with Crippen molar-refractivity contribution in [1.82, 2.24) is 5.32 Å². The molecule has 0 aliphatic carbocycles. The lowest BCUT2D eigenvalue weighted by molar-refractivity contribution is 0.0954. The third kappa shape index (κ3) is 3.95. The number of carbonyl (C=O) groups is 1. The molecule has 0 atom stereocenters. The van der Waals surface area contributed by atoms with E-state index in [1.54, 1.807) is 24.3 Å². The first kappa shape index (κ1) is 14.8. The van der Waals surface area contributed by atoms with Gasteiger partial charge in [0.2, 0.25) is 0 Å². The summed E-state index contributed by atoms with van der Waals surface area (Å²) in [6.45, 7) is 0.426. The Balaban J connectivity index is 1.93. The molecule has 2 aromatic carbocycles. The van der Waals surface area contributed by atoms with E-state index in [0.717, 1.165) is 5.56 Å². The summed E-state index contributed by atoms with van der Waals surface area (Å²) >= 11 is 0. The molecule has 3 N–H and O–H groups in total. The van der Waals surface area contributed by atoms with Crippen LogP contribution in [0.4, 0.5) is 10.1 Å². The first-order valence-corrected chi connectivity index (χ1v) is 6.56. The fourth-order valence-electron chi connectivity index (χ4n) is 1.97. The number of nitrogens with two attached hydrogens (primary N) is 1. The summed E-state index contributed by atoms with van der Waals surface area (Å²) in [5.74, 6) is -0.0282. The third-order valence-electron chi connectivity index (χ3n) is 3.08. The van der Waals surface area contributed by atoms with E-state index in [1.807, 2.05) is 6.07 Å². The first-order valence-electron chi connectivity index (χ1n) is 6.56. The van der Waals surface area contributed by atoms with E-state index in [4.69, 9.17) is 10.5 Å². The normalized spacial score (nSPS) is 10.2. The molecule has 5 heteroatoms. The zero-order valence-corrected chi connectivity index (χ0v) is 11.7. The Morgan fingerprint density at radius 2 is 2.10 bits per heavy atom. The molecule has 1 amide bonds. The summed E-state index contributed by atoms with van der Waals surface area (Å²) < 4.78 is 18.1. The number of hydrogen-bond donors (Lipinski definition) is 2. The van der Waals surface area contributed by atoms with Gasteiger partial charge in [-0.25, -0.2) is 4.39 Å². The van der Waals surface area contributed by atoms with Gasteiger partial charge < -0.3 is 15.8 Å². The van der Waals surface area contributed by atoms with Crippen molar-refractivity contribution in [2.24, 2.45) is 0 Å². The molecular weight excluding hydrogens is 271 g/mol. The Kier molecular flexibility index (Phi) is 4.77. The maximum absolute atomic E-state index is 13.0. The Morgan fingerprint density at radius 1 is 1.29 bits per heavy atom. The molecule has 0 saturated carbocycles. The Morgan fingerprint density at radius 3 is 2.81 bits per heavy atom. The molecule has 2 aromatic rings. The van der Waals surface area contributed by atoms with Crippen molar-refractivity contribution in [3.8, 4) is 5.75 Å². The van der Waals surface area contributed by atoms with E-state index in [1.165, 1.54) is 19.2 Å². The van der Waals surface area contributed by atoms with Crippen molar-refractivity contribution in [1.29, 1.82) is 0 Å². The lowest BCUT2D eigenvalue weighted by atomic mass is 10.1. The van der Waals surface area contributed by atoms with E-state index < -0.39 is 0 Å². The number of carbonyl (C=O) groups excluding carboxylic acids is 1. The third-order valence-corrected chi connectivity index (χ3v) is 3.08. The van der Waals surface area contributed by atoms with Crippen LogP contribution in [0.25, 0.3) is 0 Å². The maximum Gasteiger partial charge on any atom is 0.251 e. The molecule has 0 aliphatic heterocycles. The molecule has 110 valence electrons. The fraction of sp³-hybridized carbons (Fsp3) is 0.188. The second-order valence-corrected chi connectivity index (χ2v) is 4.59. The van der Waals surface area contributed by atoms with Gasteiger partial charge in [0.15, 0.2) is 0 Å². The Labute approximate surface area is 122 Å². The van der Waals surface area contributed by atoms with E-state index in [0.29, 0.717) is 30.0 Å². The average Bonchev–Trinajstić information content (AvgIpc) is 2.47. The van der Waals surface area contributed by atoms with Gasteiger partial charge in [0.1, 0.15) is 11.6 Å². The molecular formula is C16H17FN2O2. The number of anilines is 1. The van der Waals surface area contributed by atoms with Crippen LogP contribution < -0.4 is 15.8 Å². The van der Waals surface area contributed by atoms with Gasteiger partial charge in [0.25, 0.3) is 5.91 Å². The molecule has 0 aliphatic rings. The van der Waals surface area contributed by atoms with Gasteiger partial charge in [0.05, 0.1) is 12.8 Å². The summed E-state index contributed by atoms with van der Waals surface area (Å²) in [6.07, 6.45) is 0.565. The lowest BCUT2D eigenvalue weighted by Gasteiger charge is -2.08. The van der Waals surface area contributed by atoms with Crippen LogP contribution in [0.3, 0.4) is 0 Å². The number of hydrogen-bond acceptors (Lipinski definition) is 3. The highest BCUT2D eigenvalue weighted by molar-refractivity contribution is 5.95. The zero-order valence-electron chi connectivity index (χ0n) is 11.7. The predicted octanol–water partition coefficient (Wildman–Crippen LogP) is 2.39. The number of amides is 1. The number of benzene rings is 2. The SMILES string of the molecule is COc1cc(C(=O)NCCc2cccc(F)c2)ccc1N. The lowest BCUT2D eigenvalue weighted by Crippen LogP contribution is -2.25. The predicted molar refractivity (Wildman–Crippen MR) is 79.8 cm³/mol. The van der Waals surface area contributed by atoms with Crippen molar-refractivity contribution in [3.05, 3.63) is 59.4 Å². The van der Waals surface area contributed by atoms with Crippen LogP contribution in [-0.2, 0) is 6.42 Å². The van der Waals surface area contributed by atoms with Gasteiger partial charge in [0, 0.05) is 12.1 Å². The van der Waals surface area contributed by atoms with Gasteiger partial charge in [-0.2, -0.15) is 0 Å². The van der Waals surface area contributed by atoms with Crippen LogP contribution in [0.2, 0.25) is 0 Å². The molecule has 0 saturated heterocycles. The minimum atomic E-state index is -0.276. The van der Waals surface area contributed by atoms with Gasteiger partial charge in [-0.05, 0) is 42.3 Å². The summed E-state index contributed by atoms with van der Waals surface area (Å²) in [5.41, 5.74) is 7.49. The van der Waals surface area contributed by atoms with E-state index in [9.17, 15) is 9.18 Å². The van der Waals surface area contributed by atoms with E-state index in [2.05, 4.69) is 5.32 Å². The van der Waals surface area contributed by atoms with E-state index >= 15 is 0 Å². The quantitative estimate of drug-likeness (QED) is 0.830. The van der Waals surface area contributed by atoms with Crippen LogP contribution in [-0.4, -0.2) is 19.6 Å². The number of ether oxygens (including phenoxy) is 1. The van der Waals surface area contributed by atoms with Crippen LogP contribution in [0.5, 0.6) is 5.75 Å². The monoisotopic (exact) mass is 288 g/mol. The molecule has 0 heterocycles. The highest BCUT2D eigenvalue weighted by Crippen LogP contribution is 2.21. The summed E-state index contributed by atoms with van der Waals surface area (Å²) in [7, 11) is 1.50. The topological polar surface area (TPSA) is 64.3 Å². The average molecular weight is 288 g/mol. The summed E-state index contributed by atoms with van der Waals surface area (Å²) in [4.78, 5) is 12.0. The summed E-state index contributed by atoms with van der Waals surface area (Å²) in [6, 6.07) is 11.2. The van der Waals surface area contributed by atoms with Crippen molar-refractivity contribution >= 4 is 11.6 Å². The molecule has 0 radical (unpaired) electrons. The van der Waals surface area contributed by atoms with Crippen molar-refractivity contribution in [2.45, 2.75) is 6.42 Å². The number of methoxy groups -OCH3 is 1. The summed E-state index contributed by atoms with van der Waals surface area (Å²) in [5, 5.41) is 2.78. The van der Waals surface area contributed by atoms with Crippen LogP contribution in [0.1, 0.15) is 15.9 Å². The van der Waals surface area contributed by atoms with Crippen LogP contribution in [0.15, 0.2) is 42.5 Å². The second-order valence-electron chi connectivity index (χ2n) is 4.59. The van der Waals surface area contributed by atoms with Gasteiger partial charge >= 0.3 is 0 Å². The highest BCUT2D eigenvalue weighted by atomic mass is 19.1. The molecule has 21 heavy (non-hydrogen) atoms. The molecule has 0 aromatic heterocycles. The molecule has 0 unspecified atom stereocenters. The largest absolute Gasteiger partial charge is 0.495 e. The zero-order chi connectivity index (χ0) is 15.2. The molecule has 2 rings (SSSR count). The Bertz CT molecular complexity index is 644. The van der Waals surface area contributed by atoms with Crippen LogP contribution >= 0.6 is 0 Å².